The Balaban J connectivity index is 2.02. The smallest absolute Gasteiger partial charge is 0.332 e. The summed E-state index contributed by atoms with van der Waals surface area (Å²) >= 11 is 1.89. The van der Waals surface area contributed by atoms with Crippen molar-refractivity contribution in [3.8, 4) is 0 Å². The van der Waals surface area contributed by atoms with Crippen molar-refractivity contribution >= 4 is 23.8 Å². The molecule has 0 spiro atoms. The number of aliphatic carboxylic acids is 1. The van der Waals surface area contributed by atoms with E-state index in [-0.39, 0.29) is 19.0 Å². The van der Waals surface area contributed by atoms with E-state index in [1.54, 1.807) is 0 Å². The van der Waals surface area contributed by atoms with Crippen LogP contribution in [0.3, 0.4) is 0 Å². The topological polar surface area (TPSA) is 98.7 Å². The first-order chi connectivity index (χ1) is 8.09. The molecule has 17 heavy (non-hydrogen) atoms. The Morgan fingerprint density at radius 3 is 2.76 bits per heavy atom. The molecule has 2 amide bonds. The van der Waals surface area contributed by atoms with E-state index in [0.29, 0.717) is 12.5 Å². The zero-order valence-electron chi connectivity index (χ0n) is 9.52. The molecule has 1 rings (SSSR count). The molecule has 1 saturated heterocycles. The Morgan fingerprint density at radius 1 is 1.41 bits per heavy atom. The molecule has 2 atom stereocenters. The fourth-order valence-electron chi connectivity index (χ4n) is 1.49. The zero-order valence-corrected chi connectivity index (χ0v) is 10.3. The first-order valence-corrected chi connectivity index (χ1v) is 6.75. The summed E-state index contributed by atoms with van der Waals surface area (Å²) in [7, 11) is 0. The Bertz CT molecular complexity index is 269. The minimum absolute atomic E-state index is 0.0159. The van der Waals surface area contributed by atoms with Gasteiger partial charge in [-0.25, -0.2) is 9.59 Å². The van der Waals surface area contributed by atoms with Crippen LogP contribution in [0.15, 0.2) is 0 Å². The third kappa shape index (κ3) is 5.78. The quantitative estimate of drug-likeness (QED) is 0.534. The molecule has 1 aliphatic rings. The van der Waals surface area contributed by atoms with Crippen LogP contribution in [0.5, 0.6) is 0 Å². The van der Waals surface area contributed by atoms with Gasteiger partial charge >= 0.3 is 12.0 Å². The van der Waals surface area contributed by atoms with Gasteiger partial charge in [0, 0.05) is 19.5 Å². The largest absolute Gasteiger partial charge is 0.479 e. The van der Waals surface area contributed by atoms with Crippen LogP contribution in [-0.4, -0.2) is 52.9 Å². The Morgan fingerprint density at radius 2 is 2.18 bits per heavy atom. The third-order valence-corrected chi connectivity index (χ3v) is 3.80. The number of rotatable bonds is 6. The second kappa shape index (κ2) is 7.39. The second-order valence-corrected chi connectivity index (χ2v) is 5.16. The number of aliphatic hydroxyl groups excluding tert-OH is 1. The monoisotopic (exact) mass is 262 g/mol. The van der Waals surface area contributed by atoms with Crippen LogP contribution in [0.2, 0.25) is 0 Å². The van der Waals surface area contributed by atoms with Crippen LogP contribution in [0, 0.1) is 5.92 Å². The number of carboxylic acid groups (broad SMARTS) is 1. The number of carbonyl (C=O) groups excluding carboxylic acids is 1. The van der Waals surface area contributed by atoms with Gasteiger partial charge in [0.15, 0.2) is 6.10 Å². The molecule has 98 valence electrons. The summed E-state index contributed by atoms with van der Waals surface area (Å²) in [5.41, 5.74) is 0. The lowest BCUT2D eigenvalue weighted by Gasteiger charge is -2.11. The number of hydrogen-bond acceptors (Lipinski definition) is 4. The van der Waals surface area contributed by atoms with Crippen LogP contribution in [-0.2, 0) is 4.79 Å². The summed E-state index contributed by atoms with van der Waals surface area (Å²) in [5.74, 6) is 1.50. The Labute approximate surface area is 104 Å². The van der Waals surface area contributed by atoms with Gasteiger partial charge in [-0.15, -0.1) is 0 Å². The normalized spacial score (nSPS) is 20.9. The van der Waals surface area contributed by atoms with E-state index in [1.165, 1.54) is 0 Å². The summed E-state index contributed by atoms with van der Waals surface area (Å²) in [6.45, 7) is 0.805. The Kier molecular flexibility index (Phi) is 6.13. The molecule has 1 heterocycles. The molecule has 1 fully saturated rings. The van der Waals surface area contributed by atoms with Gasteiger partial charge < -0.3 is 20.8 Å². The van der Waals surface area contributed by atoms with Crippen molar-refractivity contribution in [2.24, 2.45) is 5.92 Å². The Hall–Kier alpha value is -0.950. The van der Waals surface area contributed by atoms with Crippen molar-refractivity contribution in [1.29, 1.82) is 0 Å². The highest BCUT2D eigenvalue weighted by atomic mass is 32.2. The van der Waals surface area contributed by atoms with Crippen molar-refractivity contribution in [1.82, 2.24) is 10.6 Å². The van der Waals surface area contributed by atoms with E-state index in [2.05, 4.69) is 10.6 Å². The van der Waals surface area contributed by atoms with E-state index in [0.717, 1.165) is 17.9 Å². The first-order valence-electron chi connectivity index (χ1n) is 5.60. The average molecular weight is 262 g/mol. The highest BCUT2D eigenvalue weighted by Crippen LogP contribution is 2.22. The molecule has 0 aromatic rings. The molecule has 0 aromatic carbocycles. The molecule has 4 N–H and O–H groups in total. The van der Waals surface area contributed by atoms with Gasteiger partial charge in [-0.1, -0.05) is 0 Å². The maximum atomic E-state index is 11.3. The standard InChI is InChI=1S/C10H18N2O4S/c13-8(9(14)15)1-3-11-10(16)12-5-7-2-4-17-6-7/h7-8,13H,1-6H2,(H,14,15)(H2,11,12,16). The highest BCUT2D eigenvalue weighted by molar-refractivity contribution is 7.99. The number of aliphatic hydroxyl groups is 1. The summed E-state index contributed by atoms with van der Waals surface area (Å²) in [6, 6.07) is -0.306. The number of carboxylic acids is 1. The number of amides is 2. The van der Waals surface area contributed by atoms with Crippen molar-refractivity contribution in [3.05, 3.63) is 0 Å². The summed E-state index contributed by atoms with van der Waals surface area (Å²) in [4.78, 5) is 21.6. The van der Waals surface area contributed by atoms with Crippen LogP contribution in [0.25, 0.3) is 0 Å². The second-order valence-electron chi connectivity index (χ2n) is 4.01. The molecule has 1 aliphatic heterocycles. The van der Waals surface area contributed by atoms with E-state index < -0.39 is 12.1 Å². The van der Waals surface area contributed by atoms with Crippen LogP contribution >= 0.6 is 11.8 Å². The van der Waals surface area contributed by atoms with Crippen molar-refractivity contribution in [2.75, 3.05) is 24.6 Å². The molecule has 2 unspecified atom stereocenters. The zero-order chi connectivity index (χ0) is 12.7. The fourth-order valence-corrected chi connectivity index (χ4v) is 2.77. The minimum Gasteiger partial charge on any atom is -0.479 e. The number of thioether (sulfide) groups is 1. The van der Waals surface area contributed by atoms with Crippen molar-refractivity contribution in [3.63, 3.8) is 0 Å². The number of nitrogens with one attached hydrogen (secondary N) is 2. The van der Waals surface area contributed by atoms with E-state index in [4.69, 9.17) is 10.2 Å². The summed E-state index contributed by atoms with van der Waals surface area (Å²) < 4.78 is 0. The van der Waals surface area contributed by atoms with Crippen molar-refractivity contribution < 1.29 is 19.8 Å². The summed E-state index contributed by atoms with van der Waals surface area (Å²) in [6.07, 6.45) is -0.272. The van der Waals surface area contributed by atoms with E-state index >= 15 is 0 Å². The first kappa shape index (κ1) is 14.1. The van der Waals surface area contributed by atoms with Gasteiger partial charge in [0.25, 0.3) is 0 Å². The lowest BCUT2D eigenvalue weighted by atomic mass is 10.1. The molecule has 0 radical (unpaired) electrons. The maximum absolute atomic E-state index is 11.3. The molecule has 0 aliphatic carbocycles. The lowest BCUT2D eigenvalue weighted by Crippen LogP contribution is -2.39. The van der Waals surface area contributed by atoms with E-state index in [9.17, 15) is 9.59 Å². The predicted molar refractivity (Wildman–Crippen MR) is 65.1 cm³/mol. The fraction of sp³-hybridized carbons (Fsp3) is 0.800. The minimum atomic E-state index is -1.42. The van der Waals surface area contributed by atoms with Gasteiger partial charge in [-0.2, -0.15) is 11.8 Å². The average Bonchev–Trinajstić information content (AvgIpc) is 2.78. The van der Waals surface area contributed by atoms with Crippen LogP contribution < -0.4 is 10.6 Å². The maximum Gasteiger partial charge on any atom is 0.332 e. The molecular weight excluding hydrogens is 244 g/mol. The summed E-state index contributed by atoms with van der Waals surface area (Å²) in [5, 5.41) is 22.6. The van der Waals surface area contributed by atoms with Crippen LogP contribution in [0.4, 0.5) is 4.79 Å². The van der Waals surface area contributed by atoms with Gasteiger partial charge in [-0.05, 0) is 23.8 Å². The third-order valence-electron chi connectivity index (χ3n) is 2.56. The van der Waals surface area contributed by atoms with Gasteiger partial charge in [0.2, 0.25) is 0 Å². The molecule has 7 heteroatoms. The predicted octanol–water partition coefficient (Wildman–Crippen LogP) is -0.126. The van der Waals surface area contributed by atoms with Crippen molar-refractivity contribution in [2.45, 2.75) is 18.9 Å². The molecule has 6 nitrogen and oxygen atoms in total. The molecular formula is C10H18N2O4S. The van der Waals surface area contributed by atoms with Gasteiger partial charge in [0.05, 0.1) is 0 Å². The van der Waals surface area contributed by atoms with Gasteiger partial charge in [0.1, 0.15) is 0 Å². The number of hydrogen-bond donors (Lipinski definition) is 4. The van der Waals surface area contributed by atoms with Crippen LogP contribution in [0.1, 0.15) is 12.8 Å². The molecule has 0 bridgehead atoms. The lowest BCUT2D eigenvalue weighted by molar-refractivity contribution is -0.146. The number of urea groups is 1. The number of carbonyl (C=O) groups is 2. The van der Waals surface area contributed by atoms with Gasteiger partial charge in [-0.3, -0.25) is 0 Å². The van der Waals surface area contributed by atoms with E-state index in [1.807, 2.05) is 11.8 Å². The SMILES string of the molecule is O=C(NCCC(O)C(=O)O)NCC1CCSC1. The highest BCUT2D eigenvalue weighted by Gasteiger charge is 2.16. The molecule has 0 aromatic heterocycles. The molecule has 0 saturated carbocycles.